The third-order valence-corrected chi connectivity index (χ3v) is 6.59. The molecule has 0 radical (unpaired) electrons. The Bertz CT molecular complexity index is 1140. The van der Waals surface area contributed by atoms with E-state index in [0.29, 0.717) is 18.0 Å². The first-order chi connectivity index (χ1) is 16.7. The van der Waals surface area contributed by atoms with E-state index in [1.54, 1.807) is 18.2 Å². The third-order valence-electron chi connectivity index (χ3n) is 5.42. The summed E-state index contributed by atoms with van der Waals surface area (Å²) in [5.41, 5.74) is -0.0327. The minimum Gasteiger partial charge on any atom is -0.454 e. The summed E-state index contributed by atoms with van der Waals surface area (Å²) in [6.07, 6.45) is -2.81. The summed E-state index contributed by atoms with van der Waals surface area (Å²) >= 11 is 1.08. The standard InChI is InChI=1S/C24H24F3N3O4S/c1-2-3-9-28-21(31)12-20-22(32)30(13-15-7-8-18-19(10-15)34-14-33-18)23(35-20)29-17-6-4-5-16(11-17)24(25,26)27/h4-8,10-11,20H,2-3,9,12-14H2,1H3,(H,28,31). The van der Waals surface area contributed by atoms with Crippen LogP contribution in [0.4, 0.5) is 18.9 Å². The zero-order valence-corrected chi connectivity index (χ0v) is 19.7. The molecule has 1 fully saturated rings. The Morgan fingerprint density at radius 3 is 2.77 bits per heavy atom. The number of ether oxygens (including phenoxy) is 2. The number of aliphatic imine (C=N–C) groups is 1. The number of thioether (sulfide) groups is 1. The number of hydrogen-bond acceptors (Lipinski definition) is 6. The van der Waals surface area contributed by atoms with Crippen LogP contribution in [-0.2, 0) is 22.3 Å². The molecule has 1 saturated heterocycles. The molecule has 2 aromatic carbocycles. The van der Waals surface area contributed by atoms with Gasteiger partial charge in [-0.3, -0.25) is 14.5 Å². The Morgan fingerprint density at radius 2 is 2.00 bits per heavy atom. The van der Waals surface area contributed by atoms with E-state index >= 15 is 0 Å². The van der Waals surface area contributed by atoms with Crippen LogP contribution in [0.3, 0.4) is 0 Å². The van der Waals surface area contributed by atoms with Crippen LogP contribution < -0.4 is 14.8 Å². The molecule has 1 N–H and O–H groups in total. The van der Waals surface area contributed by atoms with Crippen molar-refractivity contribution < 1.29 is 32.2 Å². The van der Waals surface area contributed by atoms with Crippen LogP contribution in [0.25, 0.3) is 0 Å². The van der Waals surface area contributed by atoms with Crippen molar-refractivity contribution in [3.05, 3.63) is 53.6 Å². The number of nitrogens with zero attached hydrogens (tertiary/aromatic N) is 2. The molecule has 7 nitrogen and oxygen atoms in total. The minimum absolute atomic E-state index is 0.0491. The topological polar surface area (TPSA) is 80.2 Å². The average Bonchev–Trinajstić information content (AvgIpc) is 3.39. The van der Waals surface area contributed by atoms with Gasteiger partial charge in [0.1, 0.15) is 5.25 Å². The van der Waals surface area contributed by atoms with E-state index < -0.39 is 17.0 Å². The van der Waals surface area contributed by atoms with E-state index in [1.807, 2.05) is 6.92 Å². The number of alkyl halides is 3. The number of unbranched alkanes of at least 4 members (excludes halogenated alkanes) is 1. The Balaban J connectivity index is 1.59. The van der Waals surface area contributed by atoms with Gasteiger partial charge in [-0.2, -0.15) is 13.2 Å². The van der Waals surface area contributed by atoms with Crippen LogP contribution in [0.2, 0.25) is 0 Å². The first-order valence-electron chi connectivity index (χ1n) is 11.1. The maximum atomic E-state index is 13.2. The van der Waals surface area contributed by atoms with Crippen LogP contribution in [0.15, 0.2) is 47.5 Å². The van der Waals surface area contributed by atoms with Crippen molar-refractivity contribution in [2.24, 2.45) is 4.99 Å². The number of carbonyl (C=O) groups is 2. The molecule has 4 rings (SSSR count). The van der Waals surface area contributed by atoms with Gasteiger partial charge in [-0.15, -0.1) is 0 Å². The molecular weight excluding hydrogens is 483 g/mol. The molecule has 1 atom stereocenters. The van der Waals surface area contributed by atoms with E-state index in [1.165, 1.54) is 17.0 Å². The van der Waals surface area contributed by atoms with Crippen LogP contribution in [0, 0.1) is 0 Å². The van der Waals surface area contributed by atoms with Gasteiger partial charge in [0.25, 0.3) is 0 Å². The summed E-state index contributed by atoms with van der Waals surface area (Å²) in [6, 6.07) is 9.85. The molecule has 0 aromatic heterocycles. The van der Waals surface area contributed by atoms with Gasteiger partial charge >= 0.3 is 6.18 Å². The van der Waals surface area contributed by atoms with E-state index in [4.69, 9.17) is 9.47 Å². The molecule has 2 aliphatic rings. The molecule has 11 heteroatoms. The van der Waals surface area contributed by atoms with Gasteiger partial charge in [0.05, 0.1) is 17.8 Å². The van der Waals surface area contributed by atoms with Gasteiger partial charge in [0, 0.05) is 13.0 Å². The maximum Gasteiger partial charge on any atom is 0.416 e. The number of carbonyl (C=O) groups excluding carboxylic acids is 2. The number of amidine groups is 1. The largest absolute Gasteiger partial charge is 0.454 e. The monoisotopic (exact) mass is 507 g/mol. The number of amides is 2. The zero-order valence-electron chi connectivity index (χ0n) is 18.9. The highest BCUT2D eigenvalue weighted by atomic mass is 32.2. The van der Waals surface area contributed by atoms with Gasteiger partial charge in [-0.05, 0) is 42.3 Å². The number of fused-ring (bicyclic) bond motifs is 1. The normalized spacial score (nSPS) is 18.4. The van der Waals surface area contributed by atoms with E-state index in [0.717, 1.165) is 42.3 Å². The lowest BCUT2D eigenvalue weighted by molar-refractivity contribution is -0.137. The molecule has 186 valence electrons. The van der Waals surface area contributed by atoms with Gasteiger partial charge < -0.3 is 14.8 Å². The van der Waals surface area contributed by atoms with Gasteiger partial charge in [-0.25, -0.2) is 4.99 Å². The first kappa shape index (κ1) is 24.9. The Labute approximate surface area is 204 Å². The van der Waals surface area contributed by atoms with Crippen molar-refractivity contribution >= 4 is 34.4 Å². The van der Waals surface area contributed by atoms with Crippen molar-refractivity contribution in [1.82, 2.24) is 10.2 Å². The Kier molecular flexibility index (Phi) is 7.54. The third kappa shape index (κ3) is 6.08. The lowest BCUT2D eigenvalue weighted by atomic mass is 10.1. The van der Waals surface area contributed by atoms with Crippen molar-refractivity contribution in [1.29, 1.82) is 0 Å². The van der Waals surface area contributed by atoms with Gasteiger partial charge in [-0.1, -0.05) is 37.2 Å². The van der Waals surface area contributed by atoms with E-state index in [9.17, 15) is 22.8 Å². The number of rotatable bonds is 8. The fraction of sp³-hybridized carbons (Fsp3) is 0.375. The molecule has 2 aliphatic heterocycles. The second-order valence-corrected chi connectivity index (χ2v) is 9.24. The number of nitrogens with one attached hydrogen (secondary N) is 1. The summed E-state index contributed by atoms with van der Waals surface area (Å²) in [4.78, 5) is 31.3. The molecule has 0 saturated carbocycles. The maximum absolute atomic E-state index is 13.2. The summed E-state index contributed by atoms with van der Waals surface area (Å²) in [7, 11) is 0. The fourth-order valence-electron chi connectivity index (χ4n) is 3.60. The fourth-order valence-corrected chi connectivity index (χ4v) is 4.76. The number of benzene rings is 2. The molecule has 0 aliphatic carbocycles. The Hall–Kier alpha value is -3.21. The van der Waals surface area contributed by atoms with Gasteiger partial charge in [0.2, 0.25) is 18.6 Å². The number of halogens is 3. The molecule has 2 heterocycles. The molecule has 0 spiro atoms. The quantitative estimate of drug-likeness (QED) is 0.516. The predicted octanol–water partition coefficient (Wildman–Crippen LogP) is 4.87. The molecule has 2 amide bonds. The van der Waals surface area contributed by atoms with Gasteiger partial charge in [0.15, 0.2) is 16.7 Å². The zero-order chi connectivity index (χ0) is 25.0. The molecular formula is C24H24F3N3O4S. The van der Waals surface area contributed by atoms with Crippen LogP contribution in [-0.4, -0.2) is 40.5 Å². The van der Waals surface area contributed by atoms with E-state index in [2.05, 4.69) is 10.3 Å². The Morgan fingerprint density at radius 1 is 1.20 bits per heavy atom. The summed E-state index contributed by atoms with van der Waals surface area (Å²) in [5, 5.41) is 2.30. The minimum atomic E-state index is -4.51. The van der Waals surface area contributed by atoms with Crippen molar-refractivity contribution in [2.45, 2.75) is 44.2 Å². The van der Waals surface area contributed by atoms with Crippen molar-refractivity contribution in [3.63, 3.8) is 0 Å². The summed E-state index contributed by atoms with van der Waals surface area (Å²) in [5.74, 6) is 0.553. The average molecular weight is 508 g/mol. The molecule has 1 unspecified atom stereocenters. The van der Waals surface area contributed by atoms with E-state index in [-0.39, 0.29) is 42.4 Å². The van der Waals surface area contributed by atoms with Crippen molar-refractivity contribution in [3.8, 4) is 11.5 Å². The van der Waals surface area contributed by atoms with Crippen LogP contribution in [0.1, 0.15) is 37.3 Å². The molecule has 0 bridgehead atoms. The smallest absolute Gasteiger partial charge is 0.416 e. The van der Waals surface area contributed by atoms with Crippen molar-refractivity contribution in [2.75, 3.05) is 13.3 Å². The second-order valence-electron chi connectivity index (χ2n) is 8.07. The number of hydrogen-bond donors (Lipinski definition) is 1. The molecule has 2 aromatic rings. The SMILES string of the molecule is CCCCNC(=O)CC1SC(=Nc2cccc(C(F)(F)F)c2)N(Cc2ccc3c(c2)OCO3)C1=O. The van der Waals surface area contributed by atoms with Crippen LogP contribution >= 0.6 is 11.8 Å². The summed E-state index contributed by atoms with van der Waals surface area (Å²) in [6.45, 7) is 2.75. The highest BCUT2D eigenvalue weighted by molar-refractivity contribution is 8.15. The molecule has 35 heavy (non-hydrogen) atoms. The summed E-state index contributed by atoms with van der Waals surface area (Å²) < 4.78 is 50.2. The van der Waals surface area contributed by atoms with Crippen LogP contribution in [0.5, 0.6) is 11.5 Å². The lowest BCUT2D eigenvalue weighted by Crippen LogP contribution is -2.34. The first-order valence-corrected chi connectivity index (χ1v) is 12.0. The predicted molar refractivity (Wildman–Crippen MR) is 126 cm³/mol. The second kappa shape index (κ2) is 10.6. The highest BCUT2D eigenvalue weighted by Crippen LogP contribution is 2.37. The highest BCUT2D eigenvalue weighted by Gasteiger charge is 2.39. The lowest BCUT2D eigenvalue weighted by Gasteiger charge is -2.17.